The van der Waals surface area contributed by atoms with Crippen molar-refractivity contribution in [2.75, 3.05) is 0 Å². The number of carboxylic acid groups (broad SMARTS) is 3. The summed E-state index contributed by atoms with van der Waals surface area (Å²) in [6.07, 6.45) is 0. The van der Waals surface area contributed by atoms with E-state index in [0.29, 0.717) is 0 Å². The third-order valence-electron chi connectivity index (χ3n) is 1.38. The first kappa shape index (κ1) is 16.8. The van der Waals surface area contributed by atoms with Gasteiger partial charge < -0.3 is 15.3 Å². The van der Waals surface area contributed by atoms with Gasteiger partial charge in [-0.1, -0.05) is 0 Å². The molecule has 6 nitrogen and oxygen atoms in total. The third kappa shape index (κ3) is 7.32. The van der Waals surface area contributed by atoms with Gasteiger partial charge in [-0.3, -0.25) is 4.79 Å². The summed E-state index contributed by atoms with van der Waals surface area (Å²) in [7, 11) is 0. The summed E-state index contributed by atoms with van der Waals surface area (Å²) >= 11 is 0. The first-order chi connectivity index (χ1) is 8.02. The van der Waals surface area contributed by atoms with Crippen LogP contribution in [0.25, 0.3) is 0 Å². The highest BCUT2D eigenvalue weighted by Crippen LogP contribution is 2.03. The molecule has 17 heavy (non-hydrogen) atoms. The zero-order valence-corrected chi connectivity index (χ0v) is 8.87. The molecule has 0 radical (unpaired) electrons. The Bertz CT molecular complexity index is 335. The van der Waals surface area contributed by atoms with E-state index in [1.165, 1.54) is 24.3 Å². The number of hydrogen-bond donors (Lipinski definition) is 3. The molecule has 0 aliphatic carbocycles. The number of hydrogen-bond acceptors (Lipinski definition) is 3. The summed E-state index contributed by atoms with van der Waals surface area (Å²) in [6, 6.07) is 5.02. The highest BCUT2D eigenvalue weighted by molar-refractivity contribution is 5.91. The van der Waals surface area contributed by atoms with E-state index in [1.54, 1.807) is 0 Å². The molecule has 0 fully saturated rings. The van der Waals surface area contributed by atoms with Gasteiger partial charge in [-0.15, -0.1) is 13.2 Å². The summed E-state index contributed by atoms with van der Waals surface area (Å²) in [5, 5.41) is 23.8. The minimum Gasteiger partial charge on any atom is -0.483 e. The highest BCUT2D eigenvalue weighted by Gasteiger charge is 2.04. The van der Waals surface area contributed by atoms with Crippen LogP contribution in [0.15, 0.2) is 37.4 Å². The summed E-state index contributed by atoms with van der Waals surface area (Å²) in [6.45, 7) is 5.75. The molecular formula is C11H12O6. The largest absolute Gasteiger partial charge is 0.483 e. The fourth-order valence-corrected chi connectivity index (χ4v) is 0.755. The molecule has 0 heterocycles. The lowest BCUT2D eigenvalue weighted by molar-refractivity contribution is -0.122. The lowest BCUT2D eigenvalue weighted by atomic mass is 10.1. The van der Waals surface area contributed by atoms with Gasteiger partial charge in [0.05, 0.1) is 11.1 Å². The van der Waals surface area contributed by atoms with Crippen molar-refractivity contribution in [2.45, 2.75) is 0 Å². The van der Waals surface area contributed by atoms with Crippen LogP contribution < -0.4 is 0 Å². The molecule has 1 rings (SSSR count). The van der Waals surface area contributed by atoms with Crippen molar-refractivity contribution in [1.29, 1.82) is 0 Å². The molecule has 1 aromatic carbocycles. The van der Waals surface area contributed by atoms with Crippen molar-refractivity contribution in [3.8, 4) is 0 Å². The van der Waals surface area contributed by atoms with Crippen molar-refractivity contribution in [2.24, 2.45) is 0 Å². The van der Waals surface area contributed by atoms with E-state index in [0.717, 1.165) is 0 Å². The minimum atomic E-state index is -1.06. The molecule has 0 bridgehead atoms. The lowest BCUT2D eigenvalue weighted by Gasteiger charge is -1.94. The quantitative estimate of drug-likeness (QED) is 0.534. The molecule has 1 aromatic rings. The monoisotopic (exact) mass is 240 g/mol. The molecule has 0 amide bonds. The normalized spacial score (nSPS) is 7.53. The van der Waals surface area contributed by atoms with Gasteiger partial charge >= 0.3 is 11.9 Å². The Morgan fingerprint density at radius 2 is 1.12 bits per heavy atom. The maximum Gasteiger partial charge on any atom is 0.335 e. The highest BCUT2D eigenvalue weighted by atomic mass is 16.4. The molecule has 0 aliphatic heterocycles. The van der Waals surface area contributed by atoms with Crippen LogP contribution in [0, 0.1) is 0 Å². The summed E-state index contributed by atoms with van der Waals surface area (Å²) < 4.78 is 0. The van der Waals surface area contributed by atoms with E-state index < -0.39 is 11.9 Å². The molecule has 0 atom stereocenters. The topological polar surface area (TPSA) is 112 Å². The number of aromatic carboxylic acids is 2. The molecule has 3 N–H and O–H groups in total. The smallest absolute Gasteiger partial charge is 0.335 e. The summed E-state index contributed by atoms with van der Waals surface area (Å²) in [4.78, 5) is 29.0. The van der Waals surface area contributed by atoms with Gasteiger partial charge in [0.25, 0.3) is 6.47 Å². The van der Waals surface area contributed by atoms with Crippen LogP contribution in [0.4, 0.5) is 0 Å². The van der Waals surface area contributed by atoms with E-state index >= 15 is 0 Å². The van der Waals surface area contributed by atoms with Crippen molar-refractivity contribution >= 4 is 18.4 Å². The van der Waals surface area contributed by atoms with Crippen molar-refractivity contribution in [3.63, 3.8) is 0 Å². The van der Waals surface area contributed by atoms with E-state index in [2.05, 4.69) is 13.2 Å². The van der Waals surface area contributed by atoms with E-state index in [4.69, 9.17) is 20.1 Å². The van der Waals surface area contributed by atoms with Gasteiger partial charge in [-0.05, 0) is 24.3 Å². The van der Waals surface area contributed by atoms with Crippen LogP contribution in [0.5, 0.6) is 0 Å². The van der Waals surface area contributed by atoms with Crippen molar-refractivity contribution < 1.29 is 29.7 Å². The Labute approximate surface area is 97.4 Å². The van der Waals surface area contributed by atoms with Gasteiger partial charge in [-0.2, -0.15) is 0 Å². The fraction of sp³-hybridized carbons (Fsp3) is 0. The standard InChI is InChI=1S/C8H6O4.C2H4.CH2O2/c9-7(10)5-1-2-6(4-3-5)8(11)12;1-2;2-1-3/h1-4H,(H,9,10)(H,11,12);1-2H2;1H,(H,2,3). The van der Waals surface area contributed by atoms with Gasteiger partial charge in [0.1, 0.15) is 0 Å². The first-order valence-corrected chi connectivity index (χ1v) is 4.17. The molecule has 0 saturated heterocycles. The van der Waals surface area contributed by atoms with Crippen LogP contribution in [0.3, 0.4) is 0 Å². The lowest BCUT2D eigenvalue weighted by Crippen LogP contribution is -1.99. The Morgan fingerprint density at radius 3 is 1.24 bits per heavy atom. The fourth-order valence-electron chi connectivity index (χ4n) is 0.755. The molecule has 0 aromatic heterocycles. The second-order valence-electron chi connectivity index (χ2n) is 2.29. The zero-order chi connectivity index (χ0) is 13.8. The predicted octanol–water partition coefficient (Wildman–Crippen LogP) is 1.59. The first-order valence-electron chi connectivity index (χ1n) is 4.17. The molecule has 0 saturated carbocycles. The Kier molecular flexibility index (Phi) is 9.78. The Balaban J connectivity index is 0. The van der Waals surface area contributed by atoms with Crippen LogP contribution in [-0.2, 0) is 4.79 Å². The number of rotatable bonds is 2. The zero-order valence-electron chi connectivity index (χ0n) is 8.87. The minimum absolute atomic E-state index is 0.0833. The second kappa shape index (κ2) is 9.91. The molecule has 92 valence electrons. The number of carbonyl (C=O) groups is 3. The maximum atomic E-state index is 10.3. The molecule has 0 aliphatic rings. The molecule has 0 spiro atoms. The van der Waals surface area contributed by atoms with E-state index in [1.807, 2.05) is 0 Å². The summed E-state index contributed by atoms with van der Waals surface area (Å²) in [5.74, 6) is -2.13. The van der Waals surface area contributed by atoms with Crippen LogP contribution >= 0.6 is 0 Å². The van der Waals surface area contributed by atoms with Crippen LogP contribution in [-0.4, -0.2) is 33.7 Å². The predicted molar refractivity (Wildman–Crippen MR) is 60.3 cm³/mol. The Hall–Kier alpha value is -2.63. The van der Waals surface area contributed by atoms with Gasteiger partial charge in [0, 0.05) is 0 Å². The third-order valence-corrected chi connectivity index (χ3v) is 1.38. The molecule has 6 heteroatoms. The Morgan fingerprint density at radius 1 is 0.941 bits per heavy atom. The SMILES string of the molecule is C=C.O=C(O)c1ccc(C(=O)O)cc1.O=CO. The van der Waals surface area contributed by atoms with Crippen molar-refractivity contribution in [3.05, 3.63) is 48.6 Å². The summed E-state index contributed by atoms with van der Waals surface area (Å²) in [5.41, 5.74) is 0.167. The number of benzene rings is 1. The van der Waals surface area contributed by atoms with Crippen molar-refractivity contribution in [1.82, 2.24) is 0 Å². The maximum absolute atomic E-state index is 10.3. The van der Waals surface area contributed by atoms with E-state index in [9.17, 15) is 9.59 Å². The van der Waals surface area contributed by atoms with Gasteiger partial charge in [-0.25, -0.2) is 9.59 Å². The van der Waals surface area contributed by atoms with Crippen LogP contribution in [0.1, 0.15) is 20.7 Å². The van der Waals surface area contributed by atoms with Gasteiger partial charge in [0.15, 0.2) is 0 Å². The molecular weight excluding hydrogens is 228 g/mol. The average Bonchev–Trinajstić information content (AvgIpc) is 2.32. The van der Waals surface area contributed by atoms with Crippen LogP contribution in [0.2, 0.25) is 0 Å². The van der Waals surface area contributed by atoms with E-state index in [-0.39, 0.29) is 17.6 Å². The molecule has 0 unspecified atom stereocenters. The van der Waals surface area contributed by atoms with Gasteiger partial charge in [0.2, 0.25) is 0 Å². The second-order valence-corrected chi connectivity index (χ2v) is 2.29. The number of carboxylic acids is 2. The average molecular weight is 240 g/mol.